The number of fused-ring (bicyclic) bond motifs is 1. The molecule has 0 aliphatic rings. The van der Waals surface area contributed by atoms with E-state index in [1.54, 1.807) is 4.90 Å². The van der Waals surface area contributed by atoms with E-state index in [9.17, 15) is 9.59 Å². The molecule has 2 amide bonds. The Morgan fingerprint density at radius 1 is 1.25 bits per heavy atom. The van der Waals surface area contributed by atoms with Crippen molar-refractivity contribution in [3.63, 3.8) is 0 Å². The molecular weight excluding hydrogens is 356 g/mol. The molecule has 1 aromatic carbocycles. The van der Waals surface area contributed by atoms with Crippen LogP contribution < -0.4 is 11.1 Å². The van der Waals surface area contributed by atoms with Crippen molar-refractivity contribution in [1.82, 2.24) is 20.1 Å². The Bertz CT molecular complexity index is 1010. The summed E-state index contributed by atoms with van der Waals surface area (Å²) in [6.07, 6.45) is 2.94. The van der Waals surface area contributed by atoms with E-state index in [1.165, 1.54) is 12.4 Å². The number of benzene rings is 1. The zero-order valence-corrected chi connectivity index (χ0v) is 16.2. The molecule has 0 bridgehead atoms. The molecule has 2 heterocycles. The van der Waals surface area contributed by atoms with Crippen molar-refractivity contribution in [3.8, 4) is 0 Å². The van der Waals surface area contributed by atoms with Crippen molar-refractivity contribution in [1.29, 1.82) is 0 Å². The Morgan fingerprint density at radius 3 is 2.71 bits per heavy atom. The average Bonchev–Trinajstić information content (AvgIpc) is 3.15. The molecule has 146 valence electrons. The molecule has 0 aliphatic carbocycles. The van der Waals surface area contributed by atoms with Gasteiger partial charge in [0.1, 0.15) is 5.82 Å². The lowest BCUT2D eigenvalue weighted by atomic mass is 10.1. The van der Waals surface area contributed by atoms with Crippen LogP contribution in [0.4, 0.5) is 11.5 Å². The third-order valence-electron chi connectivity index (χ3n) is 4.46. The summed E-state index contributed by atoms with van der Waals surface area (Å²) in [6.45, 7) is 6.85. The second-order valence-corrected chi connectivity index (χ2v) is 7.18. The average molecular weight is 380 g/mol. The molecule has 0 aliphatic heterocycles. The minimum atomic E-state index is -0.725. The monoisotopic (exact) mass is 380 g/mol. The molecule has 4 N–H and O–H groups in total. The van der Waals surface area contributed by atoms with Crippen LogP contribution in [0.1, 0.15) is 25.0 Å². The number of nitrogen functional groups attached to an aromatic ring is 1. The molecule has 8 nitrogen and oxygen atoms in total. The highest BCUT2D eigenvalue weighted by Crippen LogP contribution is 2.24. The zero-order valence-electron chi connectivity index (χ0n) is 16.2. The molecule has 2 aromatic heterocycles. The Kier molecular flexibility index (Phi) is 5.58. The maximum Gasteiger partial charge on any atom is 0.314 e. The number of hydrogen-bond acceptors (Lipinski definition) is 5. The summed E-state index contributed by atoms with van der Waals surface area (Å²) >= 11 is 0. The van der Waals surface area contributed by atoms with E-state index < -0.39 is 11.8 Å². The van der Waals surface area contributed by atoms with Crippen molar-refractivity contribution in [2.75, 3.05) is 17.6 Å². The molecule has 0 saturated heterocycles. The van der Waals surface area contributed by atoms with Crippen LogP contribution in [0.5, 0.6) is 0 Å². The van der Waals surface area contributed by atoms with Crippen molar-refractivity contribution >= 4 is 34.2 Å². The van der Waals surface area contributed by atoms with Crippen LogP contribution in [-0.2, 0) is 16.1 Å². The predicted octanol–water partition coefficient (Wildman–Crippen LogP) is 2.47. The van der Waals surface area contributed by atoms with Crippen LogP contribution in [0.15, 0.2) is 36.7 Å². The second-order valence-electron chi connectivity index (χ2n) is 7.18. The zero-order chi connectivity index (χ0) is 20.3. The summed E-state index contributed by atoms with van der Waals surface area (Å²) in [5.74, 6) is -0.800. The van der Waals surface area contributed by atoms with Crippen molar-refractivity contribution in [3.05, 3.63) is 47.8 Å². The van der Waals surface area contributed by atoms with Crippen LogP contribution in [0.2, 0.25) is 0 Å². The van der Waals surface area contributed by atoms with Gasteiger partial charge in [-0.2, -0.15) is 5.10 Å². The normalized spacial score (nSPS) is 11.0. The van der Waals surface area contributed by atoms with Gasteiger partial charge in [0.05, 0.1) is 29.0 Å². The minimum absolute atomic E-state index is 0.221. The largest absolute Gasteiger partial charge is 0.383 e. The molecule has 0 spiro atoms. The third kappa shape index (κ3) is 4.11. The number of rotatable bonds is 5. The van der Waals surface area contributed by atoms with E-state index in [-0.39, 0.29) is 5.92 Å². The molecule has 28 heavy (non-hydrogen) atoms. The van der Waals surface area contributed by atoms with E-state index in [0.717, 1.165) is 11.1 Å². The lowest BCUT2D eigenvalue weighted by Gasteiger charge is -2.25. The Hall–Kier alpha value is -3.42. The maximum atomic E-state index is 12.9. The second kappa shape index (κ2) is 8.08. The molecule has 0 unspecified atom stereocenters. The molecule has 3 aromatic rings. The molecule has 0 atom stereocenters. The SMILES string of the molecule is Cc1ccccc1CN(CC(C)C)C(=O)C(=O)Nc1cnc(N)c2cn[nH]c12. The molecule has 0 saturated carbocycles. The molecular formula is C20H24N6O2. The van der Waals surface area contributed by atoms with Gasteiger partial charge in [-0.3, -0.25) is 14.7 Å². The van der Waals surface area contributed by atoms with Crippen LogP contribution >= 0.6 is 0 Å². The van der Waals surface area contributed by atoms with Gasteiger partial charge in [-0.25, -0.2) is 4.98 Å². The fourth-order valence-corrected chi connectivity index (χ4v) is 3.02. The summed E-state index contributed by atoms with van der Waals surface area (Å²) in [5.41, 5.74) is 8.78. The van der Waals surface area contributed by atoms with E-state index in [0.29, 0.717) is 35.5 Å². The van der Waals surface area contributed by atoms with Crippen molar-refractivity contribution in [2.24, 2.45) is 5.92 Å². The van der Waals surface area contributed by atoms with Crippen LogP contribution in [-0.4, -0.2) is 38.4 Å². The number of pyridine rings is 1. The van der Waals surface area contributed by atoms with Crippen LogP contribution in [0.3, 0.4) is 0 Å². The number of aromatic nitrogens is 3. The minimum Gasteiger partial charge on any atom is -0.383 e. The number of carbonyl (C=O) groups is 2. The number of nitrogens with one attached hydrogen (secondary N) is 2. The van der Waals surface area contributed by atoms with Gasteiger partial charge in [0.2, 0.25) is 0 Å². The lowest BCUT2D eigenvalue weighted by molar-refractivity contribution is -0.143. The van der Waals surface area contributed by atoms with Gasteiger partial charge in [-0.05, 0) is 24.0 Å². The van der Waals surface area contributed by atoms with E-state index in [4.69, 9.17) is 5.73 Å². The molecule has 8 heteroatoms. The summed E-state index contributed by atoms with van der Waals surface area (Å²) in [6, 6.07) is 7.83. The molecule has 3 rings (SSSR count). The number of amides is 2. The predicted molar refractivity (Wildman–Crippen MR) is 108 cm³/mol. The quantitative estimate of drug-likeness (QED) is 0.588. The lowest BCUT2D eigenvalue weighted by Crippen LogP contribution is -2.41. The Balaban J connectivity index is 1.81. The third-order valence-corrected chi connectivity index (χ3v) is 4.46. The van der Waals surface area contributed by atoms with Gasteiger partial charge >= 0.3 is 11.8 Å². The highest BCUT2D eigenvalue weighted by Gasteiger charge is 2.24. The number of anilines is 2. The standard InChI is InChI=1S/C20H24N6O2/c1-12(2)10-26(11-14-7-5-4-6-13(14)3)20(28)19(27)24-16-9-22-18(21)15-8-23-25-17(15)16/h4-9,12H,10-11H2,1-3H3,(H2,21,22)(H,23,25)(H,24,27). The number of H-pyrrole nitrogens is 1. The van der Waals surface area contributed by atoms with Gasteiger partial charge in [-0.1, -0.05) is 38.1 Å². The Morgan fingerprint density at radius 2 is 2.00 bits per heavy atom. The summed E-state index contributed by atoms with van der Waals surface area (Å²) < 4.78 is 0. The number of aryl methyl sites for hydroxylation is 1. The topological polar surface area (TPSA) is 117 Å². The first-order valence-corrected chi connectivity index (χ1v) is 9.09. The first-order valence-electron chi connectivity index (χ1n) is 9.09. The fraction of sp³-hybridized carbons (Fsp3) is 0.300. The van der Waals surface area contributed by atoms with E-state index in [2.05, 4.69) is 20.5 Å². The molecule has 0 radical (unpaired) electrons. The van der Waals surface area contributed by atoms with Gasteiger partial charge in [0, 0.05) is 13.1 Å². The van der Waals surface area contributed by atoms with E-state index in [1.807, 2.05) is 45.0 Å². The summed E-state index contributed by atoms with van der Waals surface area (Å²) in [5, 5.41) is 9.92. The van der Waals surface area contributed by atoms with E-state index >= 15 is 0 Å². The molecule has 0 fully saturated rings. The summed E-state index contributed by atoms with van der Waals surface area (Å²) in [7, 11) is 0. The first-order chi connectivity index (χ1) is 13.4. The summed E-state index contributed by atoms with van der Waals surface area (Å²) in [4.78, 5) is 31.2. The number of nitrogens with two attached hydrogens (primary N) is 1. The Labute approximate surface area is 163 Å². The van der Waals surface area contributed by atoms with Crippen LogP contribution in [0, 0.1) is 12.8 Å². The van der Waals surface area contributed by atoms with Gasteiger partial charge in [-0.15, -0.1) is 0 Å². The number of hydrogen-bond donors (Lipinski definition) is 3. The van der Waals surface area contributed by atoms with Crippen LogP contribution in [0.25, 0.3) is 10.9 Å². The number of carbonyl (C=O) groups excluding carboxylic acids is 2. The van der Waals surface area contributed by atoms with Gasteiger partial charge < -0.3 is 16.0 Å². The first kappa shape index (κ1) is 19.3. The van der Waals surface area contributed by atoms with Gasteiger partial charge in [0.15, 0.2) is 0 Å². The van der Waals surface area contributed by atoms with Crippen molar-refractivity contribution < 1.29 is 9.59 Å². The van der Waals surface area contributed by atoms with Gasteiger partial charge in [0.25, 0.3) is 0 Å². The highest BCUT2D eigenvalue weighted by atomic mass is 16.2. The number of aromatic amines is 1. The maximum absolute atomic E-state index is 12.9. The fourth-order valence-electron chi connectivity index (χ4n) is 3.02. The van der Waals surface area contributed by atoms with Crippen molar-refractivity contribution in [2.45, 2.75) is 27.3 Å². The smallest absolute Gasteiger partial charge is 0.314 e. The number of nitrogens with zero attached hydrogens (tertiary/aromatic N) is 3. The highest BCUT2D eigenvalue weighted by molar-refractivity contribution is 6.40.